The number of aromatic hydroxyl groups is 2. The summed E-state index contributed by atoms with van der Waals surface area (Å²) in [4.78, 5) is 52.9. The summed E-state index contributed by atoms with van der Waals surface area (Å²) in [6.45, 7) is 17.7. The molecule has 1 aromatic carbocycles. The topological polar surface area (TPSA) is 263 Å². The van der Waals surface area contributed by atoms with Crippen LogP contribution in [0.5, 0.6) is 11.5 Å². The summed E-state index contributed by atoms with van der Waals surface area (Å²) in [5.74, 6) is -5.34. The molecule has 13 atom stereocenters. The number of benzene rings is 1. The Morgan fingerprint density at radius 1 is 0.903 bits per heavy atom. The first-order valence-corrected chi connectivity index (χ1v) is 24.7. The summed E-state index contributed by atoms with van der Waals surface area (Å²) in [6.07, 6.45) is -4.94. The molecular weight excluding hydrogens is 983 g/mol. The van der Waals surface area contributed by atoms with Gasteiger partial charge in [-0.05, 0) is 90.5 Å². The maximum Gasteiger partial charge on any atom is 0.342 e. The fourth-order valence-corrected chi connectivity index (χ4v) is 9.10. The fourth-order valence-electron chi connectivity index (χ4n) is 8.54. The molecule has 2 saturated heterocycles. The van der Waals surface area contributed by atoms with Crippen LogP contribution in [0.3, 0.4) is 0 Å². The van der Waals surface area contributed by atoms with Gasteiger partial charge in [-0.15, -0.1) is 0 Å². The number of hydrogen-bond donors (Lipinski definition) is 6. The lowest BCUT2D eigenvalue weighted by Crippen LogP contribution is -2.64. The van der Waals surface area contributed by atoms with Gasteiger partial charge in [0.2, 0.25) is 0 Å². The van der Waals surface area contributed by atoms with E-state index in [9.17, 15) is 49.8 Å². The number of aliphatic hydroxyl groups is 4. The van der Waals surface area contributed by atoms with Crippen molar-refractivity contribution in [3.05, 3.63) is 79.9 Å². The third-order valence-corrected chi connectivity index (χ3v) is 13.6. The van der Waals surface area contributed by atoms with Gasteiger partial charge in [0.05, 0.1) is 41.4 Å². The number of phenols is 2. The molecule has 3 aliphatic heterocycles. The summed E-state index contributed by atoms with van der Waals surface area (Å²) in [6, 6.07) is 0. The van der Waals surface area contributed by atoms with Crippen molar-refractivity contribution in [2.24, 2.45) is 11.8 Å². The van der Waals surface area contributed by atoms with Crippen LogP contribution in [0, 0.1) is 11.8 Å². The molecule has 2 fully saturated rings. The van der Waals surface area contributed by atoms with E-state index in [1.165, 1.54) is 33.1 Å². The largest absolute Gasteiger partial charge is 0.505 e. The minimum Gasteiger partial charge on any atom is -0.505 e. The first-order chi connectivity index (χ1) is 33.7. The average molecular weight is 1060 g/mol. The van der Waals surface area contributed by atoms with Crippen LogP contribution in [0.4, 0.5) is 0 Å². The summed E-state index contributed by atoms with van der Waals surface area (Å²) < 4.78 is 47.3. The molecule has 0 aromatic heterocycles. The second-order valence-electron chi connectivity index (χ2n) is 19.2. The highest BCUT2D eigenvalue weighted by molar-refractivity contribution is 6.39. The fraction of sp³-hybridized carbons (Fsp3) is 0.615. The number of rotatable bonds is 13. The first-order valence-electron chi connectivity index (χ1n) is 24.0. The second kappa shape index (κ2) is 26.3. The maximum absolute atomic E-state index is 13.9. The van der Waals surface area contributed by atoms with Gasteiger partial charge in [0.25, 0.3) is 0 Å². The summed E-state index contributed by atoms with van der Waals surface area (Å²) in [7, 11) is 1.25. The molecule has 72 heavy (non-hydrogen) atoms. The normalized spacial score (nSPS) is 34.3. The molecule has 1 aromatic rings. The molecule has 0 aliphatic carbocycles. The number of Topliss-reactive ketones (excluding diaryl/α,β-unsaturated/α-hetero) is 1. The molecule has 6 N–H and O–H groups in total. The first kappa shape index (κ1) is 60.4. The van der Waals surface area contributed by atoms with Gasteiger partial charge in [-0.3, -0.25) is 9.59 Å². The van der Waals surface area contributed by atoms with Crippen LogP contribution in [0.1, 0.15) is 111 Å². The predicted octanol–water partition coefficient (Wildman–Crippen LogP) is 6.44. The quantitative estimate of drug-likeness (QED) is 0.0705. The van der Waals surface area contributed by atoms with Crippen LogP contribution >= 0.6 is 23.2 Å². The maximum atomic E-state index is 13.9. The summed E-state index contributed by atoms with van der Waals surface area (Å²) in [5, 5.41) is 65.6. The van der Waals surface area contributed by atoms with E-state index in [1.54, 1.807) is 60.6 Å². The van der Waals surface area contributed by atoms with Crippen molar-refractivity contribution in [1.29, 1.82) is 0 Å². The van der Waals surface area contributed by atoms with Crippen LogP contribution in [0.15, 0.2) is 58.7 Å². The number of methoxy groups -OCH3 is 1. The lowest BCUT2D eigenvalue weighted by Gasteiger charge is -2.47. The van der Waals surface area contributed by atoms with Crippen molar-refractivity contribution >= 4 is 46.9 Å². The number of ether oxygens (including phenoxy) is 8. The standard InChI is InChI=1S/C52H72Cl2O18/c1-13-30-22-26(6)33(56)18-16-15-17-31(23-66-51-45(65-12)42(61)44(29(9)67-51)69-49(64)35-32(14-2)36(53)39(58)37(54)38(35)57)48(63)68-34(28(8)55)20-19-25(5)21-27(7)43(30)70-50-41(60)40(59)46(52(10,11)72-50)71-47(62)24(3)4/h15-17,19,21-22,24,29-30,33-34,40-46,50-51,56-61H,13-14,18,20,23H2,1-12H3/b16-15-,25-19+,26-22+,27-21+,31-17+/t29-,30?,33?,34?,40-,41+,42+,43?,44-,45+,46+,50-,51-/m1/s1. The molecule has 0 radical (unpaired) electrons. The van der Waals surface area contributed by atoms with E-state index in [4.69, 9.17) is 61.1 Å². The van der Waals surface area contributed by atoms with E-state index < -0.39 is 143 Å². The Kier molecular flexibility index (Phi) is 22.1. The number of cyclic esters (lactones) is 1. The van der Waals surface area contributed by atoms with E-state index in [-0.39, 0.29) is 35.4 Å². The lowest BCUT2D eigenvalue weighted by atomic mass is 9.88. The van der Waals surface area contributed by atoms with Crippen molar-refractivity contribution in [3.63, 3.8) is 0 Å². The van der Waals surface area contributed by atoms with Crippen LogP contribution < -0.4 is 0 Å². The molecule has 4 unspecified atom stereocenters. The van der Waals surface area contributed by atoms with Gasteiger partial charge in [0.1, 0.15) is 40.6 Å². The van der Waals surface area contributed by atoms with E-state index in [2.05, 4.69) is 0 Å². The Balaban J connectivity index is 1.61. The van der Waals surface area contributed by atoms with Crippen LogP contribution in [-0.2, 0) is 58.7 Å². The van der Waals surface area contributed by atoms with E-state index in [1.807, 2.05) is 26.0 Å². The molecule has 0 spiro atoms. The van der Waals surface area contributed by atoms with Gasteiger partial charge in [-0.1, -0.05) is 86.9 Å². The van der Waals surface area contributed by atoms with Crippen LogP contribution in [0.25, 0.3) is 0 Å². The number of halogens is 2. The monoisotopic (exact) mass is 1050 g/mol. The number of carbonyl (C=O) groups excluding carboxylic acids is 4. The molecule has 402 valence electrons. The average Bonchev–Trinajstić information content (AvgIpc) is 3.32. The van der Waals surface area contributed by atoms with Gasteiger partial charge in [-0.2, -0.15) is 0 Å². The van der Waals surface area contributed by atoms with Gasteiger partial charge in [0.15, 0.2) is 48.2 Å². The Hall–Kier alpha value is -4.18. The molecule has 0 bridgehead atoms. The summed E-state index contributed by atoms with van der Waals surface area (Å²) >= 11 is 12.3. The SMILES string of the molecule is CCc1c(Cl)c(O)c(Cl)c(O)c1C(=O)O[C@H]1[C@H](O)[C@H](OC)[C@H](OC/C2=C\C=C/CC(O)/C(C)=C/C(CC)C(O[C@@H]3OC(C)(C)[C@@H](OC(=O)C(C)C)[C@H](O)[C@@H]3O)/C(C)=C/C(C)=C/CC(C(C)=O)OC2=O)O[C@@H]1C. The number of ketones is 1. The smallest absolute Gasteiger partial charge is 0.342 e. The molecule has 18 nitrogen and oxygen atoms in total. The third-order valence-electron chi connectivity index (χ3n) is 12.9. The molecule has 4 rings (SSSR count). The minimum absolute atomic E-state index is 0.0305. The highest BCUT2D eigenvalue weighted by atomic mass is 35.5. The van der Waals surface area contributed by atoms with Gasteiger partial charge >= 0.3 is 17.9 Å². The molecular formula is C52H72Cl2O18. The van der Waals surface area contributed by atoms with E-state index >= 15 is 0 Å². The molecule has 20 heteroatoms. The third kappa shape index (κ3) is 14.6. The highest BCUT2D eigenvalue weighted by Gasteiger charge is 2.53. The number of carbonyl (C=O) groups is 4. The van der Waals surface area contributed by atoms with Crippen LogP contribution in [0.2, 0.25) is 10.0 Å². The van der Waals surface area contributed by atoms with Crippen molar-refractivity contribution in [3.8, 4) is 11.5 Å². The zero-order chi connectivity index (χ0) is 54.1. The summed E-state index contributed by atoms with van der Waals surface area (Å²) in [5.41, 5.74) is 0.184. The number of hydrogen-bond acceptors (Lipinski definition) is 18. The van der Waals surface area contributed by atoms with Crippen molar-refractivity contribution in [2.75, 3.05) is 13.7 Å². The Labute approximate surface area is 431 Å². The van der Waals surface area contributed by atoms with Gasteiger partial charge < -0.3 is 68.5 Å². The van der Waals surface area contributed by atoms with Gasteiger partial charge in [-0.25, -0.2) is 9.59 Å². The molecule has 3 heterocycles. The zero-order valence-electron chi connectivity index (χ0n) is 42.9. The van der Waals surface area contributed by atoms with E-state index in [0.717, 1.165) is 0 Å². The zero-order valence-corrected chi connectivity index (χ0v) is 44.4. The predicted molar refractivity (Wildman–Crippen MR) is 264 cm³/mol. The molecule has 0 amide bonds. The van der Waals surface area contributed by atoms with Crippen LogP contribution in [-0.4, -0.2) is 147 Å². The number of allylic oxidation sites excluding steroid dienone is 4. The number of aliphatic hydroxyl groups excluding tert-OH is 4. The van der Waals surface area contributed by atoms with Gasteiger partial charge in [0, 0.05) is 19.4 Å². The Morgan fingerprint density at radius 3 is 2.17 bits per heavy atom. The molecule has 0 saturated carbocycles. The Bertz CT molecular complexity index is 2270. The van der Waals surface area contributed by atoms with Crippen molar-refractivity contribution in [1.82, 2.24) is 0 Å². The van der Waals surface area contributed by atoms with E-state index in [0.29, 0.717) is 23.1 Å². The molecule has 3 aliphatic rings. The minimum atomic E-state index is -1.62. The number of esters is 3. The second-order valence-corrected chi connectivity index (χ2v) is 19.9. The van der Waals surface area contributed by atoms with Crippen molar-refractivity contribution in [2.45, 2.75) is 181 Å². The lowest BCUT2D eigenvalue weighted by molar-refractivity contribution is -0.333. The highest BCUT2D eigenvalue weighted by Crippen LogP contribution is 2.45. The number of phenolic OH excluding ortho intramolecular Hbond substituents is 2. The Morgan fingerprint density at radius 2 is 1.57 bits per heavy atom. The van der Waals surface area contributed by atoms with Crippen molar-refractivity contribution < 1.29 is 87.7 Å².